The Bertz CT molecular complexity index is 542. The van der Waals surface area contributed by atoms with Crippen molar-refractivity contribution in [2.75, 3.05) is 12.0 Å². The lowest BCUT2D eigenvalue weighted by Gasteiger charge is -2.06. The number of hydrogen-bond donors (Lipinski definition) is 3. The van der Waals surface area contributed by atoms with Gasteiger partial charge in [-0.1, -0.05) is 30.3 Å². The van der Waals surface area contributed by atoms with Crippen molar-refractivity contribution in [1.29, 1.82) is 0 Å². The second-order valence-corrected chi connectivity index (χ2v) is 4.07. The highest BCUT2D eigenvalue weighted by Gasteiger charge is 2.06. The maximum atomic E-state index is 11.9. The fourth-order valence-corrected chi connectivity index (χ4v) is 1.70. The van der Waals surface area contributed by atoms with Gasteiger partial charge in [-0.3, -0.25) is 15.6 Å². The fourth-order valence-electron chi connectivity index (χ4n) is 1.70. The number of amides is 1. The molecular formula is C14H16N4O. The summed E-state index contributed by atoms with van der Waals surface area (Å²) in [5.41, 5.74) is 4.68. The van der Waals surface area contributed by atoms with Crippen molar-refractivity contribution in [1.82, 2.24) is 10.3 Å². The van der Waals surface area contributed by atoms with Gasteiger partial charge in [0.05, 0.1) is 5.69 Å². The van der Waals surface area contributed by atoms with E-state index in [4.69, 9.17) is 5.84 Å². The summed E-state index contributed by atoms with van der Waals surface area (Å²) in [6.07, 6.45) is 2.34. The normalized spacial score (nSPS) is 9.95. The molecule has 1 amide bonds. The molecule has 5 heteroatoms. The van der Waals surface area contributed by atoms with Crippen molar-refractivity contribution in [3.8, 4) is 0 Å². The molecule has 0 aliphatic heterocycles. The van der Waals surface area contributed by atoms with Crippen molar-refractivity contribution in [2.45, 2.75) is 6.42 Å². The molecule has 0 radical (unpaired) electrons. The molecule has 2 rings (SSSR count). The maximum absolute atomic E-state index is 11.9. The SMILES string of the molecule is NNc1ccnc(C(=O)NCCc2ccccc2)c1. The summed E-state index contributed by atoms with van der Waals surface area (Å²) in [7, 11) is 0. The average molecular weight is 256 g/mol. The quantitative estimate of drug-likeness (QED) is 0.557. The third-order valence-corrected chi connectivity index (χ3v) is 2.70. The minimum Gasteiger partial charge on any atom is -0.350 e. The number of carbonyl (C=O) groups excluding carboxylic acids is 1. The van der Waals surface area contributed by atoms with Crippen LogP contribution in [0.3, 0.4) is 0 Å². The highest BCUT2D eigenvalue weighted by Crippen LogP contribution is 2.05. The van der Waals surface area contributed by atoms with E-state index in [1.807, 2.05) is 30.3 Å². The summed E-state index contributed by atoms with van der Waals surface area (Å²) < 4.78 is 0. The first kappa shape index (κ1) is 13.0. The number of nitrogens with one attached hydrogen (secondary N) is 2. The Balaban J connectivity index is 1.87. The predicted octanol–water partition coefficient (Wildman–Crippen LogP) is 1.34. The average Bonchev–Trinajstić information content (AvgIpc) is 2.48. The Morgan fingerprint density at radius 1 is 1.21 bits per heavy atom. The van der Waals surface area contributed by atoms with Crippen molar-refractivity contribution >= 4 is 11.6 Å². The van der Waals surface area contributed by atoms with Crippen molar-refractivity contribution in [3.63, 3.8) is 0 Å². The summed E-state index contributed by atoms with van der Waals surface area (Å²) in [6, 6.07) is 13.3. The van der Waals surface area contributed by atoms with E-state index in [1.54, 1.807) is 18.3 Å². The van der Waals surface area contributed by atoms with Gasteiger partial charge in [0.25, 0.3) is 5.91 Å². The van der Waals surface area contributed by atoms with E-state index in [9.17, 15) is 4.79 Å². The van der Waals surface area contributed by atoms with E-state index in [0.29, 0.717) is 17.9 Å². The molecule has 4 N–H and O–H groups in total. The molecule has 5 nitrogen and oxygen atoms in total. The lowest BCUT2D eigenvalue weighted by molar-refractivity contribution is 0.0949. The van der Waals surface area contributed by atoms with E-state index >= 15 is 0 Å². The monoisotopic (exact) mass is 256 g/mol. The van der Waals surface area contributed by atoms with Gasteiger partial charge < -0.3 is 10.7 Å². The van der Waals surface area contributed by atoms with Crippen LogP contribution < -0.4 is 16.6 Å². The second-order valence-electron chi connectivity index (χ2n) is 4.07. The first-order chi connectivity index (χ1) is 9.29. The number of carbonyl (C=O) groups is 1. The molecule has 0 bridgehead atoms. The molecule has 2 aromatic rings. The standard InChI is InChI=1S/C14H16N4O/c15-18-12-7-9-16-13(10-12)14(19)17-8-6-11-4-2-1-3-5-11/h1-5,7,9-10H,6,8,15H2,(H,16,18)(H,17,19). The molecule has 0 spiro atoms. The van der Waals surface area contributed by atoms with Gasteiger partial charge in [-0.15, -0.1) is 0 Å². The minimum atomic E-state index is -0.201. The third-order valence-electron chi connectivity index (χ3n) is 2.70. The van der Waals surface area contributed by atoms with Gasteiger partial charge in [0, 0.05) is 12.7 Å². The predicted molar refractivity (Wildman–Crippen MR) is 74.5 cm³/mol. The van der Waals surface area contributed by atoms with E-state index in [1.165, 1.54) is 5.56 Å². The summed E-state index contributed by atoms with van der Waals surface area (Å²) in [4.78, 5) is 15.9. The zero-order valence-electron chi connectivity index (χ0n) is 10.5. The van der Waals surface area contributed by atoms with Gasteiger partial charge in [0.2, 0.25) is 0 Å². The number of nitrogens with zero attached hydrogens (tertiary/aromatic N) is 1. The smallest absolute Gasteiger partial charge is 0.269 e. The molecule has 0 fully saturated rings. The molecule has 1 heterocycles. The highest BCUT2D eigenvalue weighted by molar-refractivity contribution is 5.93. The Morgan fingerprint density at radius 2 is 2.00 bits per heavy atom. The first-order valence-electron chi connectivity index (χ1n) is 6.04. The number of hydrazine groups is 1. The van der Waals surface area contributed by atoms with Gasteiger partial charge >= 0.3 is 0 Å². The van der Waals surface area contributed by atoms with Gasteiger partial charge in [0.15, 0.2) is 0 Å². The van der Waals surface area contributed by atoms with Crippen LogP contribution in [0.2, 0.25) is 0 Å². The molecule has 0 aliphatic carbocycles. The van der Waals surface area contributed by atoms with Crippen LogP contribution in [0.15, 0.2) is 48.7 Å². The lowest BCUT2D eigenvalue weighted by atomic mass is 10.1. The van der Waals surface area contributed by atoms with Gasteiger partial charge in [-0.2, -0.15) is 0 Å². The van der Waals surface area contributed by atoms with E-state index in [-0.39, 0.29) is 5.91 Å². The number of nitrogen functional groups attached to an aromatic ring is 1. The third kappa shape index (κ3) is 3.79. The van der Waals surface area contributed by atoms with Crippen LogP contribution in [0.4, 0.5) is 5.69 Å². The van der Waals surface area contributed by atoms with Crippen LogP contribution in [0, 0.1) is 0 Å². The number of hydrogen-bond acceptors (Lipinski definition) is 4. The van der Waals surface area contributed by atoms with Crippen LogP contribution in [-0.4, -0.2) is 17.4 Å². The topological polar surface area (TPSA) is 80.0 Å². The number of pyridine rings is 1. The van der Waals surface area contributed by atoms with Crippen LogP contribution in [-0.2, 0) is 6.42 Å². The van der Waals surface area contributed by atoms with Gasteiger partial charge in [-0.05, 0) is 24.1 Å². The number of nitrogens with two attached hydrogens (primary N) is 1. The van der Waals surface area contributed by atoms with Crippen LogP contribution >= 0.6 is 0 Å². The Labute approximate surface area is 111 Å². The summed E-state index contributed by atoms with van der Waals surface area (Å²) in [5, 5.41) is 2.83. The van der Waals surface area contributed by atoms with E-state index < -0.39 is 0 Å². The molecule has 0 atom stereocenters. The summed E-state index contributed by atoms with van der Waals surface area (Å²) >= 11 is 0. The Morgan fingerprint density at radius 3 is 2.74 bits per heavy atom. The Hall–Kier alpha value is -2.40. The van der Waals surface area contributed by atoms with E-state index in [2.05, 4.69) is 15.7 Å². The molecule has 0 aliphatic rings. The summed E-state index contributed by atoms with van der Waals surface area (Å²) in [5.74, 6) is 5.08. The number of aromatic nitrogens is 1. The molecule has 19 heavy (non-hydrogen) atoms. The second kappa shape index (κ2) is 6.51. The fraction of sp³-hybridized carbons (Fsp3) is 0.143. The molecule has 1 aromatic carbocycles. The molecular weight excluding hydrogens is 240 g/mol. The molecule has 0 saturated carbocycles. The van der Waals surface area contributed by atoms with Crippen molar-refractivity contribution in [3.05, 3.63) is 59.9 Å². The summed E-state index contributed by atoms with van der Waals surface area (Å²) in [6.45, 7) is 0.574. The van der Waals surface area contributed by atoms with Crippen molar-refractivity contribution < 1.29 is 4.79 Å². The molecule has 98 valence electrons. The zero-order chi connectivity index (χ0) is 13.5. The molecule has 1 aromatic heterocycles. The maximum Gasteiger partial charge on any atom is 0.269 e. The number of rotatable bonds is 5. The molecule has 0 saturated heterocycles. The number of anilines is 1. The largest absolute Gasteiger partial charge is 0.350 e. The number of benzene rings is 1. The first-order valence-corrected chi connectivity index (χ1v) is 6.04. The van der Waals surface area contributed by atoms with E-state index in [0.717, 1.165) is 6.42 Å². The highest BCUT2D eigenvalue weighted by atomic mass is 16.1. The van der Waals surface area contributed by atoms with Gasteiger partial charge in [-0.25, -0.2) is 0 Å². The zero-order valence-corrected chi connectivity index (χ0v) is 10.5. The van der Waals surface area contributed by atoms with Crippen LogP contribution in [0.5, 0.6) is 0 Å². The minimum absolute atomic E-state index is 0.201. The van der Waals surface area contributed by atoms with Crippen molar-refractivity contribution in [2.24, 2.45) is 5.84 Å². The lowest BCUT2D eigenvalue weighted by Crippen LogP contribution is -2.26. The van der Waals surface area contributed by atoms with Crippen LogP contribution in [0.1, 0.15) is 16.1 Å². The van der Waals surface area contributed by atoms with Gasteiger partial charge in [0.1, 0.15) is 5.69 Å². The Kier molecular flexibility index (Phi) is 4.47. The molecule has 0 unspecified atom stereocenters. The van der Waals surface area contributed by atoms with Crippen LogP contribution in [0.25, 0.3) is 0 Å².